The first-order chi connectivity index (χ1) is 9.27. The third-order valence-corrected chi connectivity index (χ3v) is 4.22. The second-order valence-corrected chi connectivity index (χ2v) is 6.36. The van der Waals surface area contributed by atoms with E-state index in [9.17, 15) is 12.8 Å². The number of aliphatic imine (C=N–C) groups is 2. The maximum atomic E-state index is 12.7. The van der Waals surface area contributed by atoms with Crippen LogP contribution in [-0.2, 0) is 14.8 Å². The van der Waals surface area contributed by atoms with Crippen molar-refractivity contribution in [3.05, 3.63) is 12.0 Å². The fraction of sp³-hybridized carbons (Fsp3) is 0.636. The Bertz CT molecular complexity index is 514. The molecular formula is C11H19FN4O3S. The molecule has 1 aliphatic heterocycles. The minimum absolute atomic E-state index is 0.121. The van der Waals surface area contributed by atoms with Crippen LogP contribution in [0.1, 0.15) is 13.3 Å². The molecule has 1 fully saturated rings. The minimum Gasteiger partial charge on any atom is -0.380 e. The summed E-state index contributed by atoms with van der Waals surface area (Å²) in [6.07, 6.45) is 0.968. The standard InChI is InChI=1S/C11H19FN4O3S/c1-8(12)5-15-11(14-2)16-6-9(19-3)4-10(7-16)20(13,17)18/h5,9-10H,2,4,6-7H2,1,3H3,(H2,13,17,18)/b8-5+,15-11?/t9-,10-/m0/s1. The lowest BCUT2D eigenvalue weighted by Crippen LogP contribution is -2.52. The third-order valence-electron chi connectivity index (χ3n) is 2.95. The van der Waals surface area contributed by atoms with E-state index in [0.29, 0.717) is 13.0 Å². The van der Waals surface area contributed by atoms with Gasteiger partial charge in [0.15, 0.2) is 0 Å². The van der Waals surface area contributed by atoms with E-state index in [1.165, 1.54) is 14.0 Å². The number of ether oxygens (including phenoxy) is 1. The van der Waals surface area contributed by atoms with Gasteiger partial charge in [-0.05, 0) is 20.1 Å². The lowest BCUT2D eigenvalue weighted by molar-refractivity contribution is 0.0546. The fourth-order valence-electron chi connectivity index (χ4n) is 1.95. The summed E-state index contributed by atoms with van der Waals surface area (Å²) >= 11 is 0. The molecule has 0 amide bonds. The smallest absolute Gasteiger partial charge is 0.224 e. The molecule has 7 nitrogen and oxygen atoms in total. The number of halogens is 1. The van der Waals surface area contributed by atoms with Crippen LogP contribution in [0.15, 0.2) is 22.0 Å². The summed E-state index contributed by atoms with van der Waals surface area (Å²) in [5.41, 5.74) is 0. The number of methoxy groups -OCH3 is 1. The Morgan fingerprint density at radius 3 is 2.65 bits per heavy atom. The Morgan fingerprint density at radius 1 is 1.55 bits per heavy atom. The van der Waals surface area contributed by atoms with E-state index >= 15 is 0 Å². The van der Waals surface area contributed by atoms with Gasteiger partial charge in [0.2, 0.25) is 16.0 Å². The Balaban J connectivity index is 3.00. The summed E-state index contributed by atoms with van der Waals surface area (Å²) in [5.74, 6) is -0.355. The van der Waals surface area contributed by atoms with Crippen LogP contribution in [0.5, 0.6) is 0 Å². The zero-order chi connectivity index (χ0) is 15.3. The van der Waals surface area contributed by atoms with E-state index in [2.05, 4.69) is 16.7 Å². The van der Waals surface area contributed by atoms with Gasteiger partial charge in [0.1, 0.15) is 5.83 Å². The first-order valence-corrected chi connectivity index (χ1v) is 7.55. The molecule has 0 saturated carbocycles. The Hall–Kier alpha value is -1.32. The second-order valence-electron chi connectivity index (χ2n) is 4.51. The van der Waals surface area contributed by atoms with Crippen LogP contribution in [0.4, 0.5) is 4.39 Å². The van der Waals surface area contributed by atoms with E-state index < -0.39 is 21.1 Å². The molecule has 1 aliphatic rings. The number of allylic oxidation sites excluding steroid dienone is 1. The molecule has 9 heteroatoms. The number of rotatable bonds is 3. The van der Waals surface area contributed by atoms with Gasteiger partial charge in [0.05, 0.1) is 17.6 Å². The Kier molecular flexibility index (Phi) is 5.78. The van der Waals surface area contributed by atoms with Crippen molar-refractivity contribution in [2.45, 2.75) is 24.7 Å². The van der Waals surface area contributed by atoms with E-state index in [-0.39, 0.29) is 18.6 Å². The molecule has 0 bridgehead atoms. The maximum Gasteiger partial charge on any atom is 0.224 e. The molecule has 0 aliphatic carbocycles. The normalized spacial score (nSPS) is 25.7. The number of guanidine groups is 1. The van der Waals surface area contributed by atoms with Crippen LogP contribution < -0.4 is 5.14 Å². The van der Waals surface area contributed by atoms with Gasteiger partial charge in [-0.2, -0.15) is 0 Å². The summed E-state index contributed by atoms with van der Waals surface area (Å²) in [6, 6.07) is 0. The molecule has 0 radical (unpaired) electrons. The van der Waals surface area contributed by atoms with Gasteiger partial charge in [0, 0.05) is 20.2 Å². The average Bonchev–Trinajstić information content (AvgIpc) is 2.37. The molecule has 0 aromatic rings. The first-order valence-electron chi connectivity index (χ1n) is 5.94. The van der Waals surface area contributed by atoms with Crippen LogP contribution in [0, 0.1) is 0 Å². The largest absolute Gasteiger partial charge is 0.380 e. The van der Waals surface area contributed by atoms with Gasteiger partial charge in [0.25, 0.3) is 0 Å². The predicted octanol–water partition coefficient (Wildman–Crippen LogP) is 0.252. The number of piperidine rings is 1. The van der Waals surface area contributed by atoms with E-state index in [1.807, 2.05) is 0 Å². The van der Waals surface area contributed by atoms with Gasteiger partial charge in [-0.15, -0.1) is 0 Å². The minimum atomic E-state index is -3.70. The van der Waals surface area contributed by atoms with Crippen molar-refractivity contribution < 1.29 is 17.5 Å². The van der Waals surface area contributed by atoms with Crippen molar-refractivity contribution in [3.8, 4) is 0 Å². The van der Waals surface area contributed by atoms with Crippen molar-refractivity contribution in [3.63, 3.8) is 0 Å². The van der Waals surface area contributed by atoms with Gasteiger partial charge < -0.3 is 9.64 Å². The maximum absolute atomic E-state index is 12.7. The number of nitrogens with zero attached hydrogens (tertiary/aromatic N) is 3. The highest BCUT2D eigenvalue weighted by atomic mass is 32.2. The van der Waals surface area contributed by atoms with Crippen molar-refractivity contribution in [1.29, 1.82) is 0 Å². The number of hydrogen-bond donors (Lipinski definition) is 1. The van der Waals surface area contributed by atoms with Gasteiger partial charge in [-0.25, -0.2) is 27.9 Å². The molecule has 114 valence electrons. The number of hydrogen-bond acceptors (Lipinski definition) is 4. The SMILES string of the molecule is C=NC(=N/C=C(\C)F)N1C[C@@H](OC)C[C@H](S(N)(=O)=O)C1. The van der Waals surface area contributed by atoms with E-state index in [4.69, 9.17) is 9.88 Å². The monoisotopic (exact) mass is 306 g/mol. The van der Waals surface area contributed by atoms with Gasteiger partial charge in [-0.1, -0.05) is 0 Å². The average molecular weight is 306 g/mol. The quantitative estimate of drug-likeness (QED) is 0.597. The summed E-state index contributed by atoms with van der Waals surface area (Å²) in [4.78, 5) is 9.10. The van der Waals surface area contributed by atoms with Crippen molar-refractivity contribution >= 4 is 22.7 Å². The van der Waals surface area contributed by atoms with E-state index in [1.54, 1.807) is 4.90 Å². The zero-order valence-electron chi connectivity index (χ0n) is 11.5. The fourth-order valence-corrected chi connectivity index (χ4v) is 2.82. The van der Waals surface area contributed by atoms with Crippen LogP contribution in [0.2, 0.25) is 0 Å². The van der Waals surface area contributed by atoms with Crippen LogP contribution in [-0.4, -0.2) is 57.5 Å². The molecule has 0 aromatic carbocycles. The lowest BCUT2D eigenvalue weighted by atomic mass is 10.1. The topological polar surface area (TPSA) is 97.3 Å². The van der Waals surface area contributed by atoms with Crippen LogP contribution in [0.3, 0.4) is 0 Å². The highest BCUT2D eigenvalue weighted by molar-refractivity contribution is 7.89. The molecule has 0 unspecified atom stereocenters. The number of sulfonamides is 1. The van der Waals surface area contributed by atoms with Crippen molar-refractivity contribution in [1.82, 2.24) is 4.90 Å². The van der Waals surface area contributed by atoms with E-state index in [0.717, 1.165) is 6.20 Å². The summed E-state index contributed by atoms with van der Waals surface area (Å²) in [7, 11) is -2.22. The Labute approximate surface area is 118 Å². The number of likely N-dealkylation sites (tertiary alicyclic amines) is 1. The molecule has 1 rings (SSSR count). The summed E-state index contributed by atoms with van der Waals surface area (Å²) in [5, 5.41) is 4.40. The summed E-state index contributed by atoms with van der Waals surface area (Å²) in [6.45, 7) is 5.11. The molecule has 0 aromatic heterocycles. The predicted molar refractivity (Wildman–Crippen MR) is 75.7 cm³/mol. The highest BCUT2D eigenvalue weighted by Gasteiger charge is 2.34. The molecule has 1 heterocycles. The van der Waals surface area contributed by atoms with Crippen molar-refractivity contribution in [2.24, 2.45) is 15.1 Å². The van der Waals surface area contributed by atoms with Gasteiger partial charge >= 0.3 is 0 Å². The lowest BCUT2D eigenvalue weighted by Gasteiger charge is -2.36. The molecule has 0 spiro atoms. The second kappa shape index (κ2) is 6.91. The van der Waals surface area contributed by atoms with Crippen LogP contribution >= 0.6 is 0 Å². The molecule has 20 heavy (non-hydrogen) atoms. The third kappa shape index (κ3) is 4.66. The molecular weight excluding hydrogens is 287 g/mol. The highest BCUT2D eigenvalue weighted by Crippen LogP contribution is 2.18. The number of nitrogens with two attached hydrogens (primary N) is 1. The summed E-state index contributed by atoms with van der Waals surface area (Å²) < 4.78 is 40.9. The molecule has 2 atom stereocenters. The van der Waals surface area contributed by atoms with Crippen LogP contribution in [0.25, 0.3) is 0 Å². The Morgan fingerprint density at radius 2 is 2.20 bits per heavy atom. The number of primary sulfonamides is 1. The first kappa shape index (κ1) is 16.7. The molecule has 1 saturated heterocycles. The van der Waals surface area contributed by atoms with Crippen molar-refractivity contribution in [2.75, 3.05) is 20.2 Å². The zero-order valence-corrected chi connectivity index (χ0v) is 12.3. The molecule has 2 N–H and O–H groups in total. The van der Waals surface area contributed by atoms with Gasteiger partial charge in [-0.3, -0.25) is 0 Å².